The lowest BCUT2D eigenvalue weighted by Crippen LogP contribution is -2.45. The van der Waals surface area contributed by atoms with Crippen molar-refractivity contribution in [2.24, 2.45) is 0 Å². The van der Waals surface area contributed by atoms with E-state index in [1.54, 1.807) is 6.07 Å². The Hall–Kier alpha value is -0.980. The first-order valence-electron chi connectivity index (χ1n) is 8.66. The number of rotatable bonds is 7. The van der Waals surface area contributed by atoms with E-state index in [0.29, 0.717) is 5.56 Å². The van der Waals surface area contributed by atoms with Crippen LogP contribution in [0.15, 0.2) is 18.2 Å². The van der Waals surface area contributed by atoms with Crippen molar-refractivity contribution in [2.45, 2.75) is 44.8 Å². The molecule has 0 bridgehead atoms. The van der Waals surface area contributed by atoms with Crippen molar-refractivity contribution in [3.05, 3.63) is 29.3 Å². The number of unbranched alkanes of at least 4 members (excludes halogenated alkanes) is 2. The molecular weight excluding hydrogens is 353 g/mol. The Morgan fingerprint density at radius 2 is 1.84 bits per heavy atom. The van der Waals surface area contributed by atoms with E-state index in [0.717, 1.165) is 57.9 Å². The number of hydrogen-bond acceptors (Lipinski definition) is 3. The molecule has 0 spiro atoms. The zero-order valence-corrected chi connectivity index (χ0v) is 15.7. The van der Waals surface area contributed by atoms with E-state index in [-0.39, 0.29) is 24.2 Å². The summed E-state index contributed by atoms with van der Waals surface area (Å²) >= 11 is 0. The standard InChI is InChI=1S/C18H27F3N2O.ClH/c1-3-4-5-6-17(23-9-7-22-8-10-23)14-11-15(18(19,20)21)13-16(12-14)24-2;/h11-13,17,22H,3-10H2,1-2H3;1H/t17-;/m0./s1. The summed E-state index contributed by atoms with van der Waals surface area (Å²) in [5.41, 5.74) is 0.0761. The van der Waals surface area contributed by atoms with Crippen molar-refractivity contribution < 1.29 is 17.9 Å². The third kappa shape index (κ3) is 6.35. The molecule has 3 nitrogen and oxygen atoms in total. The van der Waals surface area contributed by atoms with Crippen molar-refractivity contribution in [1.29, 1.82) is 0 Å². The Bertz CT molecular complexity index is 520. The molecule has 144 valence electrons. The van der Waals surface area contributed by atoms with Crippen LogP contribution in [0.3, 0.4) is 0 Å². The first-order chi connectivity index (χ1) is 11.5. The summed E-state index contributed by atoms with van der Waals surface area (Å²) in [4.78, 5) is 2.29. The summed E-state index contributed by atoms with van der Waals surface area (Å²) in [5, 5.41) is 3.30. The predicted octanol–water partition coefficient (Wildman–Crippen LogP) is 4.66. The van der Waals surface area contributed by atoms with Gasteiger partial charge in [0.25, 0.3) is 0 Å². The van der Waals surface area contributed by atoms with E-state index in [4.69, 9.17) is 4.74 Å². The molecule has 7 heteroatoms. The maximum atomic E-state index is 13.2. The van der Waals surface area contributed by atoms with Crippen molar-refractivity contribution in [2.75, 3.05) is 33.3 Å². The van der Waals surface area contributed by atoms with E-state index in [1.807, 2.05) is 0 Å². The number of methoxy groups -OCH3 is 1. The van der Waals surface area contributed by atoms with Gasteiger partial charge in [-0.3, -0.25) is 4.90 Å². The fraction of sp³-hybridized carbons (Fsp3) is 0.667. The summed E-state index contributed by atoms with van der Waals surface area (Å²) in [6.45, 7) is 5.60. The first-order valence-corrected chi connectivity index (χ1v) is 8.66. The van der Waals surface area contributed by atoms with Gasteiger partial charge in [0.05, 0.1) is 12.7 Å². The molecule has 1 aliphatic rings. The maximum absolute atomic E-state index is 13.2. The van der Waals surface area contributed by atoms with E-state index in [1.165, 1.54) is 13.2 Å². The van der Waals surface area contributed by atoms with Crippen LogP contribution in [0.4, 0.5) is 13.2 Å². The summed E-state index contributed by atoms with van der Waals surface area (Å²) in [5.74, 6) is 0.274. The Labute approximate surface area is 154 Å². The van der Waals surface area contributed by atoms with E-state index >= 15 is 0 Å². The molecule has 0 amide bonds. The predicted molar refractivity (Wildman–Crippen MR) is 96.6 cm³/mol. The number of ether oxygens (including phenoxy) is 1. The minimum Gasteiger partial charge on any atom is -0.497 e. The zero-order valence-electron chi connectivity index (χ0n) is 14.9. The van der Waals surface area contributed by atoms with Crippen LogP contribution < -0.4 is 10.1 Å². The molecule has 0 saturated carbocycles. The Balaban J connectivity index is 0.00000312. The second-order valence-electron chi connectivity index (χ2n) is 6.29. The van der Waals surface area contributed by atoms with E-state index < -0.39 is 11.7 Å². The summed E-state index contributed by atoms with van der Waals surface area (Å²) in [6.07, 6.45) is -0.276. The van der Waals surface area contributed by atoms with Gasteiger partial charge in [-0.05, 0) is 30.2 Å². The lowest BCUT2D eigenvalue weighted by Gasteiger charge is -2.35. The van der Waals surface area contributed by atoms with E-state index in [9.17, 15) is 13.2 Å². The fourth-order valence-electron chi connectivity index (χ4n) is 3.24. The molecule has 0 unspecified atom stereocenters. The second-order valence-corrected chi connectivity index (χ2v) is 6.29. The van der Waals surface area contributed by atoms with E-state index in [2.05, 4.69) is 17.1 Å². The van der Waals surface area contributed by atoms with Gasteiger partial charge in [-0.2, -0.15) is 13.2 Å². The number of hydrogen-bond donors (Lipinski definition) is 1. The molecule has 1 fully saturated rings. The molecule has 1 aromatic rings. The molecule has 1 N–H and O–H groups in total. The van der Waals surface area contributed by atoms with Crippen LogP contribution >= 0.6 is 12.4 Å². The van der Waals surface area contributed by atoms with Crippen LogP contribution in [0.5, 0.6) is 5.75 Å². The number of nitrogens with one attached hydrogen (secondary N) is 1. The van der Waals surface area contributed by atoms with Gasteiger partial charge in [0, 0.05) is 32.2 Å². The molecule has 0 aliphatic carbocycles. The van der Waals surface area contributed by atoms with Gasteiger partial charge in [-0.25, -0.2) is 0 Å². The molecule has 0 aromatic heterocycles. The minimum absolute atomic E-state index is 0. The smallest absolute Gasteiger partial charge is 0.416 e. The van der Waals surface area contributed by atoms with Gasteiger partial charge >= 0.3 is 6.18 Å². The highest BCUT2D eigenvalue weighted by molar-refractivity contribution is 5.85. The maximum Gasteiger partial charge on any atom is 0.416 e. The third-order valence-electron chi connectivity index (χ3n) is 4.55. The molecule has 2 rings (SSSR count). The lowest BCUT2D eigenvalue weighted by molar-refractivity contribution is -0.137. The molecule has 1 aromatic carbocycles. The van der Waals surface area contributed by atoms with Gasteiger partial charge in [0.15, 0.2) is 0 Å². The van der Waals surface area contributed by atoms with Crippen LogP contribution in [-0.2, 0) is 6.18 Å². The SMILES string of the molecule is CCCCC[C@@H](c1cc(OC)cc(C(F)(F)F)c1)N1CCNCC1.Cl. The molecule has 1 saturated heterocycles. The van der Waals surface area contributed by atoms with Gasteiger partial charge in [-0.15, -0.1) is 12.4 Å². The number of alkyl halides is 3. The van der Waals surface area contributed by atoms with Crippen molar-refractivity contribution >= 4 is 12.4 Å². The Morgan fingerprint density at radius 3 is 2.40 bits per heavy atom. The molecule has 0 radical (unpaired) electrons. The monoisotopic (exact) mass is 380 g/mol. The third-order valence-corrected chi connectivity index (χ3v) is 4.55. The van der Waals surface area contributed by atoms with Gasteiger partial charge in [0.1, 0.15) is 5.75 Å². The van der Waals surface area contributed by atoms with Crippen molar-refractivity contribution in [1.82, 2.24) is 10.2 Å². The highest BCUT2D eigenvalue weighted by Gasteiger charge is 2.33. The fourth-order valence-corrected chi connectivity index (χ4v) is 3.24. The minimum atomic E-state index is -4.36. The van der Waals surface area contributed by atoms with Crippen LogP contribution in [0, 0.1) is 0 Å². The summed E-state index contributed by atoms with van der Waals surface area (Å²) in [7, 11) is 1.41. The normalized spacial score (nSPS) is 17.0. The first kappa shape index (κ1) is 22.1. The van der Waals surface area contributed by atoms with Crippen LogP contribution in [0.1, 0.15) is 49.8 Å². The van der Waals surface area contributed by atoms with Crippen LogP contribution in [0.25, 0.3) is 0 Å². The molecule has 25 heavy (non-hydrogen) atoms. The number of benzene rings is 1. The second kappa shape index (κ2) is 10.2. The zero-order chi connectivity index (χ0) is 17.6. The Morgan fingerprint density at radius 1 is 1.16 bits per heavy atom. The average Bonchev–Trinajstić information content (AvgIpc) is 2.58. The highest BCUT2D eigenvalue weighted by Crippen LogP contribution is 2.36. The highest BCUT2D eigenvalue weighted by atomic mass is 35.5. The molecule has 1 heterocycles. The number of piperazine rings is 1. The average molecular weight is 381 g/mol. The number of nitrogens with zero attached hydrogens (tertiary/aromatic N) is 1. The van der Waals surface area contributed by atoms with Crippen LogP contribution in [0.2, 0.25) is 0 Å². The quantitative estimate of drug-likeness (QED) is 0.696. The van der Waals surface area contributed by atoms with Gasteiger partial charge in [0.2, 0.25) is 0 Å². The van der Waals surface area contributed by atoms with Crippen molar-refractivity contribution in [3.8, 4) is 5.75 Å². The number of halogens is 4. The van der Waals surface area contributed by atoms with Gasteiger partial charge < -0.3 is 10.1 Å². The molecular formula is C18H28ClF3N2O. The summed E-state index contributed by atoms with van der Waals surface area (Å²) < 4.78 is 44.8. The lowest BCUT2D eigenvalue weighted by atomic mass is 9.96. The molecule has 1 aliphatic heterocycles. The topological polar surface area (TPSA) is 24.5 Å². The van der Waals surface area contributed by atoms with Gasteiger partial charge in [-0.1, -0.05) is 26.2 Å². The van der Waals surface area contributed by atoms with Crippen LogP contribution in [-0.4, -0.2) is 38.2 Å². The largest absolute Gasteiger partial charge is 0.497 e. The van der Waals surface area contributed by atoms with Crippen molar-refractivity contribution in [3.63, 3.8) is 0 Å². The Kier molecular flexibility index (Phi) is 9.03. The molecule has 1 atom stereocenters. The summed E-state index contributed by atoms with van der Waals surface area (Å²) in [6, 6.07) is 4.13.